The maximum Gasteiger partial charge on any atom is 1.00 e. The van der Waals surface area contributed by atoms with E-state index in [9.17, 15) is 13.0 Å². The Morgan fingerprint density at radius 3 is 1.00 bits per heavy atom. The standard InChI is InChI=1S/C43H86O4S.K/c1-3-5-7-9-11-13-15-17-19-21-23-25-27-29-31-33-35-37-39-41-43(42-47-48(44,45)46)40-38-36-34-32-30-28-26-24-22-20-18-16-14-12-10-8-6-4-2;/h39,41,43H,3-38,40,42H2,1-2H3,(H,44,45,46);/q;+1/p-1/b41-39+;. The first-order valence-electron chi connectivity index (χ1n) is 21.8. The van der Waals surface area contributed by atoms with Crippen LogP contribution in [0.15, 0.2) is 12.2 Å². The first-order valence-corrected chi connectivity index (χ1v) is 23.1. The zero-order valence-corrected chi connectivity index (χ0v) is 37.6. The van der Waals surface area contributed by atoms with E-state index in [1.807, 2.05) is 0 Å². The molecule has 0 rings (SSSR count). The van der Waals surface area contributed by atoms with E-state index in [0.717, 1.165) is 19.3 Å². The van der Waals surface area contributed by atoms with Crippen LogP contribution in [-0.4, -0.2) is 19.6 Å². The monoisotopic (exact) mass is 737 g/mol. The molecular weight excluding hydrogens is 652 g/mol. The quantitative estimate of drug-likeness (QED) is 0.0206. The molecule has 0 N–H and O–H groups in total. The molecule has 0 heterocycles. The number of unbranched alkanes of at least 4 members (excludes halogenated alkanes) is 34. The zero-order chi connectivity index (χ0) is 35.1. The molecule has 0 aromatic carbocycles. The molecule has 0 saturated heterocycles. The van der Waals surface area contributed by atoms with Crippen molar-refractivity contribution in [2.24, 2.45) is 5.92 Å². The molecule has 1 atom stereocenters. The number of hydrogen-bond donors (Lipinski definition) is 0. The van der Waals surface area contributed by atoms with Crippen molar-refractivity contribution in [2.75, 3.05) is 6.61 Å². The minimum absolute atomic E-state index is 0. The Morgan fingerprint density at radius 2 is 0.714 bits per heavy atom. The van der Waals surface area contributed by atoms with E-state index >= 15 is 0 Å². The van der Waals surface area contributed by atoms with Crippen LogP contribution >= 0.6 is 0 Å². The molecule has 0 aliphatic heterocycles. The minimum atomic E-state index is -4.63. The topological polar surface area (TPSA) is 66.4 Å². The molecule has 1 unspecified atom stereocenters. The maximum atomic E-state index is 11.0. The van der Waals surface area contributed by atoms with Gasteiger partial charge in [-0.2, -0.15) is 0 Å². The average molecular weight is 737 g/mol. The molecule has 0 aliphatic rings. The molecule has 288 valence electrons. The Morgan fingerprint density at radius 1 is 0.449 bits per heavy atom. The maximum absolute atomic E-state index is 11.0. The Balaban J connectivity index is 0. The van der Waals surface area contributed by atoms with Gasteiger partial charge in [0.05, 0.1) is 6.61 Å². The van der Waals surface area contributed by atoms with E-state index in [1.54, 1.807) is 0 Å². The van der Waals surface area contributed by atoms with Crippen molar-refractivity contribution in [3.63, 3.8) is 0 Å². The van der Waals surface area contributed by atoms with Gasteiger partial charge in [0.1, 0.15) is 0 Å². The SMILES string of the molecule is CCCCCCCCCCCCCCCCCCC/C=C/C(CCCCCCCCCCCCCCCCCCCC)COS(=O)(=O)[O-].[K+]. The molecule has 4 nitrogen and oxygen atoms in total. The third kappa shape index (κ3) is 47.2. The van der Waals surface area contributed by atoms with Gasteiger partial charge in [-0.15, -0.1) is 0 Å². The van der Waals surface area contributed by atoms with Crippen molar-refractivity contribution >= 4 is 10.4 Å². The number of allylic oxidation sites excluding steroid dienone is 1. The molecule has 6 heteroatoms. The normalized spacial score (nSPS) is 12.6. The van der Waals surface area contributed by atoms with Crippen molar-refractivity contribution in [3.8, 4) is 0 Å². The summed E-state index contributed by atoms with van der Waals surface area (Å²) < 4.78 is 37.7. The second-order valence-corrected chi connectivity index (χ2v) is 16.2. The van der Waals surface area contributed by atoms with E-state index in [1.165, 1.54) is 218 Å². The van der Waals surface area contributed by atoms with Crippen LogP contribution in [0.4, 0.5) is 0 Å². The molecule has 0 amide bonds. The van der Waals surface area contributed by atoms with E-state index in [-0.39, 0.29) is 63.9 Å². The number of hydrogen-bond acceptors (Lipinski definition) is 4. The Bertz CT molecular complexity index is 742. The summed E-state index contributed by atoms with van der Waals surface area (Å²) in [4.78, 5) is 0. The van der Waals surface area contributed by atoms with Crippen molar-refractivity contribution in [1.29, 1.82) is 0 Å². The molecular formula is C43H85KO4S. The Hall–Kier alpha value is 1.25. The van der Waals surface area contributed by atoms with Gasteiger partial charge in [-0.25, -0.2) is 8.42 Å². The summed E-state index contributed by atoms with van der Waals surface area (Å²) in [5.74, 6) is 0.0144. The van der Waals surface area contributed by atoms with Crippen LogP contribution in [0.5, 0.6) is 0 Å². The van der Waals surface area contributed by atoms with Crippen molar-refractivity contribution < 1.29 is 68.5 Å². The molecule has 0 bridgehead atoms. The fourth-order valence-electron chi connectivity index (χ4n) is 6.99. The van der Waals surface area contributed by atoms with Gasteiger partial charge in [0.2, 0.25) is 10.4 Å². The summed E-state index contributed by atoms with van der Waals surface area (Å²) in [6.45, 7) is 4.56. The molecule has 0 fully saturated rings. The summed E-state index contributed by atoms with van der Waals surface area (Å²) >= 11 is 0. The van der Waals surface area contributed by atoms with Gasteiger partial charge in [0.15, 0.2) is 0 Å². The van der Waals surface area contributed by atoms with Gasteiger partial charge in [0.25, 0.3) is 0 Å². The van der Waals surface area contributed by atoms with E-state index in [2.05, 4.69) is 30.2 Å². The predicted octanol–water partition coefficient (Wildman–Crippen LogP) is 12.1. The predicted molar refractivity (Wildman–Crippen MR) is 210 cm³/mol. The van der Waals surface area contributed by atoms with E-state index in [0.29, 0.717) is 0 Å². The van der Waals surface area contributed by atoms with Gasteiger partial charge in [-0.05, 0) is 19.3 Å². The van der Waals surface area contributed by atoms with Crippen LogP contribution in [0.2, 0.25) is 0 Å². The van der Waals surface area contributed by atoms with Crippen LogP contribution in [0.1, 0.15) is 251 Å². The summed E-state index contributed by atoms with van der Waals surface area (Å²) in [5, 5.41) is 0. The second-order valence-electron chi connectivity index (χ2n) is 15.1. The molecule has 0 saturated carbocycles. The third-order valence-corrected chi connectivity index (χ3v) is 10.7. The van der Waals surface area contributed by atoms with Crippen molar-refractivity contribution in [1.82, 2.24) is 0 Å². The van der Waals surface area contributed by atoms with Gasteiger partial charge >= 0.3 is 51.4 Å². The van der Waals surface area contributed by atoms with E-state index in [4.69, 9.17) is 0 Å². The summed E-state index contributed by atoms with van der Waals surface area (Å²) in [5.41, 5.74) is 0. The molecule has 0 aliphatic carbocycles. The van der Waals surface area contributed by atoms with Crippen LogP contribution < -0.4 is 51.4 Å². The summed E-state index contributed by atoms with van der Waals surface area (Å²) in [7, 11) is -4.63. The van der Waals surface area contributed by atoms with E-state index < -0.39 is 10.4 Å². The molecule has 0 spiro atoms. The fourth-order valence-corrected chi connectivity index (χ4v) is 7.33. The second kappa shape index (κ2) is 43.6. The summed E-state index contributed by atoms with van der Waals surface area (Å²) in [6.07, 6.45) is 54.1. The van der Waals surface area contributed by atoms with Crippen LogP contribution in [-0.2, 0) is 14.6 Å². The number of rotatable bonds is 41. The first-order chi connectivity index (χ1) is 23.5. The Kier molecular flexibility index (Phi) is 46.6. The smallest absolute Gasteiger partial charge is 0.726 e. The molecule has 0 aromatic heterocycles. The summed E-state index contributed by atoms with van der Waals surface area (Å²) in [6, 6.07) is 0. The third-order valence-electron chi connectivity index (χ3n) is 10.2. The van der Waals surface area contributed by atoms with Gasteiger partial charge in [-0.1, -0.05) is 244 Å². The van der Waals surface area contributed by atoms with Gasteiger partial charge in [0, 0.05) is 5.92 Å². The molecule has 49 heavy (non-hydrogen) atoms. The minimum Gasteiger partial charge on any atom is -0.726 e. The van der Waals surface area contributed by atoms with Gasteiger partial charge < -0.3 is 4.55 Å². The average Bonchev–Trinajstić information content (AvgIpc) is 3.06. The largest absolute Gasteiger partial charge is 1.00 e. The van der Waals surface area contributed by atoms with Crippen molar-refractivity contribution in [2.45, 2.75) is 251 Å². The van der Waals surface area contributed by atoms with Crippen LogP contribution in [0.25, 0.3) is 0 Å². The zero-order valence-electron chi connectivity index (χ0n) is 33.6. The van der Waals surface area contributed by atoms with Gasteiger partial charge in [-0.3, -0.25) is 4.18 Å². The van der Waals surface area contributed by atoms with Crippen molar-refractivity contribution in [3.05, 3.63) is 12.2 Å². The Labute approximate surface area is 351 Å². The molecule has 0 aromatic rings. The fraction of sp³-hybridized carbons (Fsp3) is 0.953. The van der Waals surface area contributed by atoms with Crippen LogP contribution in [0.3, 0.4) is 0 Å². The first kappa shape index (κ1) is 52.4. The van der Waals surface area contributed by atoms with Crippen LogP contribution in [0, 0.1) is 5.92 Å². The molecule has 0 radical (unpaired) electrons.